The molecule has 4 heteroatoms. The van der Waals surface area contributed by atoms with Crippen LogP contribution in [0.3, 0.4) is 0 Å². The fourth-order valence-electron chi connectivity index (χ4n) is 2.66. The van der Waals surface area contributed by atoms with E-state index in [0.29, 0.717) is 0 Å². The van der Waals surface area contributed by atoms with Crippen molar-refractivity contribution in [2.75, 3.05) is 0 Å². The molecule has 1 N–H and O–H groups in total. The summed E-state index contributed by atoms with van der Waals surface area (Å²) in [5.41, 5.74) is 4.14. The second-order valence-electron chi connectivity index (χ2n) is 4.50. The summed E-state index contributed by atoms with van der Waals surface area (Å²) in [4.78, 5) is 10.7. The highest BCUT2D eigenvalue weighted by Crippen LogP contribution is 2.56. The average molecular weight is 382 g/mol. The Balaban J connectivity index is 2.34. The van der Waals surface area contributed by atoms with E-state index in [-0.39, 0.29) is 0 Å². The van der Waals surface area contributed by atoms with Crippen molar-refractivity contribution in [2.45, 2.75) is 9.15 Å². The van der Waals surface area contributed by atoms with E-state index in [0.717, 1.165) is 22.3 Å². The first-order valence-corrected chi connectivity index (χ1v) is 7.53. The van der Waals surface area contributed by atoms with E-state index >= 15 is 0 Å². The first-order chi connectivity index (χ1) is 9.06. The first kappa shape index (κ1) is 12.9. The van der Waals surface area contributed by atoms with E-state index in [4.69, 9.17) is 0 Å². The summed E-state index contributed by atoms with van der Waals surface area (Å²) in [5, 5.41) is 9.38. The van der Waals surface area contributed by atoms with Gasteiger partial charge in [-0.1, -0.05) is 80.4 Å². The van der Waals surface area contributed by atoms with Gasteiger partial charge < -0.3 is 5.11 Å². The minimum atomic E-state index is -0.886. The highest BCUT2D eigenvalue weighted by molar-refractivity contribution is 9.12. The molecule has 0 bridgehead atoms. The molecule has 0 unspecified atom stereocenters. The van der Waals surface area contributed by atoms with Crippen molar-refractivity contribution >= 4 is 37.8 Å². The van der Waals surface area contributed by atoms with Crippen LogP contribution in [0.15, 0.2) is 48.5 Å². The van der Waals surface area contributed by atoms with E-state index in [1.54, 1.807) is 0 Å². The van der Waals surface area contributed by atoms with Gasteiger partial charge in [-0.2, -0.15) is 0 Å². The molecule has 0 saturated heterocycles. The number of carbonyl (C=O) groups is 1. The van der Waals surface area contributed by atoms with Gasteiger partial charge in [-0.3, -0.25) is 4.79 Å². The number of aliphatic carboxylic acids is 1. The molecule has 0 spiro atoms. The molecule has 0 heterocycles. The van der Waals surface area contributed by atoms with E-state index in [9.17, 15) is 9.90 Å². The molecule has 2 nitrogen and oxygen atoms in total. The van der Waals surface area contributed by atoms with Crippen LogP contribution in [0.1, 0.15) is 11.1 Å². The third-order valence-corrected chi connectivity index (χ3v) is 6.50. The van der Waals surface area contributed by atoms with Gasteiger partial charge >= 0.3 is 5.97 Å². The van der Waals surface area contributed by atoms with E-state index in [1.165, 1.54) is 0 Å². The third kappa shape index (κ3) is 1.70. The molecular weight excluding hydrogens is 372 g/mol. The molecule has 1 atom stereocenters. The van der Waals surface area contributed by atoms with Crippen LogP contribution in [0.4, 0.5) is 0 Å². The predicted molar refractivity (Wildman–Crippen MR) is 81.9 cm³/mol. The van der Waals surface area contributed by atoms with Gasteiger partial charge in [0.1, 0.15) is 4.83 Å². The highest BCUT2D eigenvalue weighted by Gasteiger charge is 2.48. The van der Waals surface area contributed by atoms with Gasteiger partial charge in [0.2, 0.25) is 0 Å². The molecule has 19 heavy (non-hydrogen) atoms. The summed E-state index contributed by atoms with van der Waals surface area (Å²) < 4.78 is -0.730. The lowest BCUT2D eigenvalue weighted by atomic mass is 9.93. The summed E-state index contributed by atoms with van der Waals surface area (Å²) in [6, 6.07) is 15.8. The summed E-state index contributed by atoms with van der Waals surface area (Å²) >= 11 is 7.00. The Morgan fingerprint density at radius 2 is 1.42 bits per heavy atom. The summed E-state index contributed by atoms with van der Waals surface area (Å²) in [7, 11) is 0. The Hall–Kier alpha value is -1.13. The summed E-state index contributed by atoms with van der Waals surface area (Å²) in [6.45, 7) is 0. The van der Waals surface area contributed by atoms with Crippen molar-refractivity contribution in [3.8, 4) is 11.1 Å². The zero-order valence-electron chi connectivity index (χ0n) is 9.81. The average Bonchev–Trinajstić information content (AvgIpc) is 2.70. The summed E-state index contributed by atoms with van der Waals surface area (Å²) in [6.07, 6.45) is 0. The van der Waals surface area contributed by atoms with Gasteiger partial charge in [-0.05, 0) is 22.3 Å². The van der Waals surface area contributed by atoms with Crippen molar-refractivity contribution in [3.63, 3.8) is 0 Å². The van der Waals surface area contributed by atoms with Crippen LogP contribution < -0.4 is 0 Å². The monoisotopic (exact) mass is 380 g/mol. The number of alkyl halides is 2. The van der Waals surface area contributed by atoms with Gasteiger partial charge in [0.25, 0.3) is 0 Å². The Kier molecular flexibility index (Phi) is 3.02. The second-order valence-corrected chi connectivity index (χ2v) is 6.67. The van der Waals surface area contributed by atoms with Crippen LogP contribution in [0.25, 0.3) is 11.1 Å². The molecule has 0 saturated carbocycles. The number of rotatable bonds is 2. The lowest BCUT2D eigenvalue weighted by Crippen LogP contribution is -2.34. The number of carboxylic acids is 1. The Morgan fingerprint density at radius 1 is 1.00 bits per heavy atom. The quantitative estimate of drug-likeness (QED) is 0.793. The molecule has 2 aromatic rings. The lowest BCUT2D eigenvalue weighted by molar-refractivity contribution is -0.136. The van der Waals surface area contributed by atoms with Gasteiger partial charge in [0.15, 0.2) is 0 Å². The number of benzene rings is 2. The van der Waals surface area contributed by atoms with Crippen LogP contribution >= 0.6 is 31.9 Å². The van der Waals surface area contributed by atoms with Crippen LogP contribution in [0.2, 0.25) is 0 Å². The zero-order chi connectivity index (χ0) is 13.6. The largest absolute Gasteiger partial charge is 0.480 e. The molecule has 0 aliphatic heterocycles. The van der Waals surface area contributed by atoms with Crippen LogP contribution in [-0.2, 0) is 9.12 Å². The molecule has 1 aliphatic rings. The maximum atomic E-state index is 11.4. The van der Waals surface area contributed by atoms with E-state index in [2.05, 4.69) is 31.9 Å². The predicted octanol–water partition coefficient (Wildman–Crippen LogP) is 4.15. The Morgan fingerprint density at radius 3 is 1.84 bits per heavy atom. The highest BCUT2D eigenvalue weighted by atomic mass is 79.9. The molecule has 2 aromatic carbocycles. The van der Waals surface area contributed by atoms with E-state index in [1.807, 2.05) is 48.5 Å². The molecule has 3 rings (SSSR count). The van der Waals surface area contributed by atoms with Crippen molar-refractivity contribution in [3.05, 3.63) is 59.7 Å². The second kappa shape index (κ2) is 4.46. The number of hydrogen-bond acceptors (Lipinski definition) is 1. The van der Waals surface area contributed by atoms with Crippen molar-refractivity contribution < 1.29 is 9.90 Å². The molecular formula is C15H10Br2O2. The Bertz CT molecular complexity index is 621. The third-order valence-electron chi connectivity index (χ3n) is 3.49. The molecule has 0 aromatic heterocycles. The van der Waals surface area contributed by atoms with Gasteiger partial charge in [-0.25, -0.2) is 0 Å². The smallest absolute Gasteiger partial charge is 0.319 e. The summed E-state index contributed by atoms with van der Waals surface area (Å²) in [5.74, 6) is -0.886. The molecule has 0 amide bonds. The topological polar surface area (TPSA) is 37.3 Å². The standard InChI is InChI=1S/C15H10Br2O2/c16-13(14(18)19)15(17)11-7-3-1-5-9(11)10-6-2-4-8-12(10)15/h1-8,13H,(H,18,19)/t13-/m0/s1. The number of carboxylic acid groups (broad SMARTS) is 1. The maximum absolute atomic E-state index is 11.4. The Labute approximate surface area is 127 Å². The maximum Gasteiger partial charge on any atom is 0.319 e. The van der Waals surface area contributed by atoms with Crippen LogP contribution in [0.5, 0.6) is 0 Å². The molecule has 1 aliphatic carbocycles. The number of fused-ring (bicyclic) bond motifs is 3. The number of halogens is 2. The SMILES string of the molecule is O=C(O)[C@H](Br)C1(Br)c2ccccc2-c2ccccc21. The minimum absolute atomic E-state index is 0.730. The van der Waals surface area contributed by atoms with Gasteiger partial charge in [0, 0.05) is 0 Å². The van der Waals surface area contributed by atoms with Gasteiger partial charge in [0.05, 0.1) is 4.32 Å². The van der Waals surface area contributed by atoms with E-state index < -0.39 is 15.1 Å². The number of hydrogen-bond donors (Lipinski definition) is 1. The van der Waals surface area contributed by atoms with Crippen molar-refractivity contribution in [1.29, 1.82) is 0 Å². The first-order valence-electron chi connectivity index (χ1n) is 5.82. The zero-order valence-corrected chi connectivity index (χ0v) is 13.0. The van der Waals surface area contributed by atoms with Crippen LogP contribution in [0, 0.1) is 0 Å². The molecule has 0 fully saturated rings. The van der Waals surface area contributed by atoms with Crippen molar-refractivity contribution in [1.82, 2.24) is 0 Å². The lowest BCUT2D eigenvalue weighted by Gasteiger charge is -2.27. The minimum Gasteiger partial charge on any atom is -0.480 e. The van der Waals surface area contributed by atoms with Crippen LogP contribution in [-0.4, -0.2) is 15.9 Å². The van der Waals surface area contributed by atoms with Gasteiger partial charge in [-0.15, -0.1) is 0 Å². The van der Waals surface area contributed by atoms with Crippen molar-refractivity contribution in [2.24, 2.45) is 0 Å². The molecule has 96 valence electrons. The molecule has 0 radical (unpaired) electrons. The fraction of sp³-hybridized carbons (Fsp3) is 0.133. The fourth-order valence-corrected chi connectivity index (χ4v) is 4.04. The normalized spacial score (nSPS) is 16.5.